The predicted molar refractivity (Wildman–Crippen MR) is 54.2 cm³/mol. The normalized spacial score (nSPS) is 10.5. The maximum absolute atomic E-state index is 10.9. The van der Waals surface area contributed by atoms with Crippen molar-refractivity contribution in [2.75, 3.05) is 6.61 Å². The number of aromatic carboxylic acids is 1. The Hall–Kier alpha value is -2.04. The molecule has 2 rings (SSSR count). The van der Waals surface area contributed by atoms with Crippen LogP contribution in [0.5, 0.6) is 5.88 Å². The van der Waals surface area contributed by atoms with Gasteiger partial charge in [-0.1, -0.05) is 0 Å². The Morgan fingerprint density at radius 3 is 3.13 bits per heavy atom. The second-order valence-electron chi connectivity index (χ2n) is 2.99. The average Bonchev–Trinajstić information content (AvgIpc) is 2.63. The number of hydrogen-bond acceptors (Lipinski definition) is 3. The summed E-state index contributed by atoms with van der Waals surface area (Å²) in [6, 6.07) is 3.32. The highest BCUT2D eigenvalue weighted by Crippen LogP contribution is 2.21. The lowest BCUT2D eigenvalue weighted by molar-refractivity contribution is 0.0692. The van der Waals surface area contributed by atoms with Gasteiger partial charge in [0.1, 0.15) is 11.2 Å². The van der Waals surface area contributed by atoms with E-state index in [1.54, 1.807) is 25.3 Å². The van der Waals surface area contributed by atoms with E-state index in [1.807, 2.05) is 0 Å². The third-order valence-electron chi connectivity index (χ3n) is 2.01. The Kier molecular flexibility index (Phi) is 2.29. The molecule has 0 aliphatic rings. The monoisotopic (exact) mass is 206 g/mol. The zero-order valence-electron chi connectivity index (χ0n) is 8.15. The van der Waals surface area contributed by atoms with Gasteiger partial charge in [-0.05, 0) is 19.1 Å². The number of H-pyrrole nitrogens is 1. The number of nitrogens with one attached hydrogen (secondary N) is 1. The van der Waals surface area contributed by atoms with Gasteiger partial charge >= 0.3 is 5.97 Å². The number of aromatic amines is 1. The number of aromatic nitrogens is 2. The van der Waals surface area contributed by atoms with Crippen molar-refractivity contribution in [3.63, 3.8) is 0 Å². The molecule has 5 heteroatoms. The third kappa shape index (κ3) is 1.63. The fraction of sp³-hybridized carbons (Fsp3) is 0.200. The van der Waals surface area contributed by atoms with E-state index in [4.69, 9.17) is 9.84 Å². The Morgan fingerprint density at radius 1 is 1.67 bits per heavy atom. The minimum atomic E-state index is -1.03. The summed E-state index contributed by atoms with van der Waals surface area (Å²) in [5, 5.41) is 9.72. The zero-order chi connectivity index (χ0) is 10.8. The molecule has 0 saturated heterocycles. The quantitative estimate of drug-likeness (QED) is 0.800. The second kappa shape index (κ2) is 3.61. The van der Waals surface area contributed by atoms with Crippen LogP contribution in [-0.2, 0) is 0 Å². The van der Waals surface area contributed by atoms with Crippen LogP contribution in [0.15, 0.2) is 18.3 Å². The smallest absolute Gasteiger partial charge is 0.341 e. The molecule has 0 saturated carbocycles. The van der Waals surface area contributed by atoms with Gasteiger partial charge in [-0.3, -0.25) is 0 Å². The van der Waals surface area contributed by atoms with E-state index in [0.717, 1.165) is 5.39 Å². The number of fused-ring (bicyclic) bond motifs is 1. The molecule has 0 amide bonds. The van der Waals surface area contributed by atoms with Gasteiger partial charge < -0.3 is 14.8 Å². The average molecular weight is 206 g/mol. The van der Waals surface area contributed by atoms with Crippen molar-refractivity contribution < 1.29 is 14.6 Å². The summed E-state index contributed by atoms with van der Waals surface area (Å²) in [4.78, 5) is 17.9. The summed E-state index contributed by atoms with van der Waals surface area (Å²) in [6.45, 7) is 2.17. The van der Waals surface area contributed by atoms with E-state index in [1.165, 1.54) is 0 Å². The molecule has 0 spiro atoms. The number of carboxylic acid groups (broad SMARTS) is 1. The van der Waals surface area contributed by atoms with Gasteiger partial charge in [0.25, 0.3) is 0 Å². The Bertz CT molecular complexity index is 504. The Balaban J connectivity index is 2.62. The highest BCUT2D eigenvalue weighted by molar-refractivity contribution is 5.94. The minimum Gasteiger partial charge on any atom is -0.477 e. The maximum Gasteiger partial charge on any atom is 0.341 e. The van der Waals surface area contributed by atoms with E-state index in [0.29, 0.717) is 12.3 Å². The van der Waals surface area contributed by atoms with Crippen molar-refractivity contribution in [2.24, 2.45) is 0 Å². The van der Waals surface area contributed by atoms with Crippen molar-refractivity contribution in [1.29, 1.82) is 0 Å². The molecule has 0 aliphatic heterocycles. The number of pyridine rings is 1. The summed E-state index contributed by atoms with van der Waals surface area (Å²) >= 11 is 0. The van der Waals surface area contributed by atoms with Crippen LogP contribution in [0.25, 0.3) is 11.0 Å². The highest BCUT2D eigenvalue weighted by atomic mass is 16.5. The number of ether oxygens (including phenoxy) is 1. The van der Waals surface area contributed by atoms with Gasteiger partial charge in [0.15, 0.2) is 0 Å². The molecule has 0 bridgehead atoms. The summed E-state index contributed by atoms with van der Waals surface area (Å²) in [7, 11) is 0. The van der Waals surface area contributed by atoms with Crippen molar-refractivity contribution >= 4 is 17.0 Å². The van der Waals surface area contributed by atoms with Crippen LogP contribution < -0.4 is 4.74 Å². The van der Waals surface area contributed by atoms with Crippen molar-refractivity contribution in [2.45, 2.75) is 6.92 Å². The molecule has 2 aromatic heterocycles. The van der Waals surface area contributed by atoms with Gasteiger partial charge in [-0.15, -0.1) is 0 Å². The molecule has 5 nitrogen and oxygen atoms in total. The molecule has 0 fully saturated rings. The predicted octanol–water partition coefficient (Wildman–Crippen LogP) is 1.66. The van der Waals surface area contributed by atoms with Gasteiger partial charge in [0, 0.05) is 11.6 Å². The standard InChI is InChI=1S/C10H10N2O3/c1-2-15-9-7(10(13)14)5-6-3-4-11-8(6)12-9/h3-5H,2H2,1H3,(H,11,12)(H,13,14). The third-order valence-corrected chi connectivity index (χ3v) is 2.01. The molecule has 0 aliphatic carbocycles. The van der Waals surface area contributed by atoms with Gasteiger partial charge in [-0.25, -0.2) is 4.79 Å². The number of hydrogen-bond donors (Lipinski definition) is 2. The SMILES string of the molecule is CCOc1nc2[nH]ccc2cc1C(=O)O. The lowest BCUT2D eigenvalue weighted by atomic mass is 10.2. The van der Waals surface area contributed by atoms with E-state index in [-0.39, 0.29) is 11.4 Å². The van der Waals surface area contributed by atoms with Crippen molar-refractivity contribution in [3.05, 3.63) is 23.9 Å². The molecule has 78 valence electrons. The molecular weight excluding hydrogens is 196 g/mol. The highest BCUT2D eigenvalue weighted by Gasteiger charge is 2.14. The van der Waals surface area contributed by atoms with Crippen LogP contribution in [0.2, 0.25) is 0 Å². The van der Waals surface area contributed by atoms with Crippen LogP contribution in [0.1, 0.15) is 17.3 Å². The lowest BCUT2D eigenvalue weighted by Crippen LogP contribution is -2.04. The first-order chi connectivity index (χ1) is 7.22. The van der Waals surface area contributed by atoms with Gasteiger partial charge in [0.05, 0.1) is 6.61 Å². The Labute approximate surface area is 85.7 Å². The number of rotatable bonds is 3. The first-order valence-corrected chi connectivity index (χ1v) is 4.56. The van der Waals surface area contributed by atoms with Crippen LogP contribution in [-0.4, -0.2) is 27.7 Å². The molecule has 2 aromatic rings. The summed E-state index contributed by atoms with van der Waals surface area (Å²) in [6.07, 6.45) is 1.71. The largest absolute Gasteiger partial charge is 0.477 e. The molecular formula is C10H10N2O3. The molecule has 2 N–H and O–H groups in total. The molecule has 0 aromatic carbocycles. The van der Waals surface area contributed by atoms with E-state index in [2.05, 4.69) is 9.97 Å². The number of carbonyl (C=O) groups is 1. The molecule has 0 radical (unpaired) electrons. The van der Waals surface area contributed by atoms with Crippen molar-refractivity contribution in [3.8, 4) is 5.88 Å². The fourth-order valence-electron chi connectivity index (χ4n) is 1.36. The molecule has 0 unspecified atom stereocenters. The van der Waals surface area contributed by atoms with Crippen LogP contribution >= 0.6 is 0 Å². The molecule has 2 heterocycles. The first-order valence-electron chi connectivity index (χ1n) is 4.56. The number of nitrogens with zero attached hydrogens (tertiary/aromatic N) is 1. The summed E-state index contributed by atoms with van der Waals surface area (Å²) in [5.41, 5.74) is 0.715. The first kappa shape index (κ1) is 9.51. The van der Waals surface area contributed by atoms with E-state index in [9.17, 15) is 4.79 Å². The van der Waals surface area contributed by atoms with Gasteiger partial charge in [0.2, 0.25) is 5.88 Å². The zero-order valence-corrected chi connectivity index (χ0v) is 8.15. The minimum absolute atomic E-state index is 0.0870. The van der Waals surface area contributed by atoms with Crippen molar-refractivity contribution in [1.82, 2.24) is 9.97 Å². The maximum atomic E-state index is 10.9. The van der Waals surface area contributed by atoms with Crippen LogP contribution in [0.4, 0.5) is 0 Å². The second-order valence-corrected chi connectivity index (χ2v) is 2.99. The van der Waals surface area contributed by atoms with Gasteiger partial charge in [-0.2, -0.15) is 4.98 Å². The topological polar surface area (TPSA) is 75.2 Å². The summed E-state index contributed by atoms with van der Waals surface area (Å²) in [5.74, 6) is -0.881. The lowest BCUT2D eigenvalue weighted by Gasteiger charge is -2.05. The summed E-state index contributed by atoms with van der Waals surface area (Å²) < 4.78 is 5.16. The number of carboxylic acids is 1. The van der Waals surface area contributed by atoms with Crippen LogP contribution in [0.3, 0.4) is 0 Å². The van der Waals surface area contributed by atoms with E-state index < -0.39 is 5.97 Å². The van der Waals surface area contributed by atoms with E-state index >= 15 is 0 Å². The molecule has 15 heavy (non-hydrogen) atoms. The fourth-order valence-corrected chi connectivity index (χ4v) is 1.36. The molecule has 0 atom stereocenters. The van der Waals surface area contributed by atoms with Crippen LogP contribution in [0, 0.1) is 0 Å². The Morgan fingerprint density at radius 2 is 2.47 bits per heavy atom.